The number of hydrogen-bond acceptors (Lipinski definition) is 1. The maximum absolute atomic E-state index is 13.4. The Kier molecular flexibility index (Phi) is 4.05. The van der Waals surface area contributed by atoms with Crippen molar-refractivity contribution in [1.82, 2.24) is 0 Å². The van der Waals surface area contributed by atoms with Gasteiger partial charge in [-0.15, -0.1) is 11.6 Å². The second kappa shape index (κ2) is 5.57. The van der Waals surface area contributed by atoms with Gasteiger partial charge in [-0.2, -0.15) is 0 Å². The lowest BCUT2D eigenvalue weighted by Gasteiger charge is -2.16. The molecule has 0 amide bonds. The third kappa shape index (κ3) is 2.87. The van der Waals surface area contributed by atoms with Crippen LogP contribution in [0.1, 0.15) is 22.1 Å². The fraction of sp³-hybridized carbons (Fsp3) is 0.200. The van der Waals surface area contributed by atoms with Crippen LogP contribution in [0, 0.1) is 18.6 Å². The van der Waals surface area contributed by atoms with Crippen LogP contribution in [0.2, 0.25) is 0 Å². The molecule has 1 unspecified atom stereocenters. The smallest absolute Gasteiger partial charge is 0.124 e. The first kappa shape index (κ1) is 13.8. The number of halogens is 3. The molecule has 0 saturated heterocycles. The minimum atomic E-state index is -0.591. The third-order valence-electron chi connectivity index (χ3n) is 2.97. The summed E-state index contributed by atoms with van der Waals surface area (Å²) in [6.07, 6.45) is 0. The molecule has 0 aliphatic carbocycles. The van der Waals surface area contributed by atoms with E-state index in [1.54, 1.807) is 13.0 Å². The fourth-order valence-electron chi connectivity index (χ4n) is 1.99. The SMILES string of the molecule is COc1ccc(F)cc1C(Cl)c1ccc(F)cc1C. The van der Waals surface area contributed by atoms with Gasteiger partial charge in [0.1, 0.15) is 17.4 Å². The van der Waals surface area contributed by atoms with E-state index >= 15 is 0 Å². The number of alkyl halides is 1. The summed E-state index contributed by atoms with van der Waals surface area (Å²) >= 11 is 6.38. The molecule has 0 radical (unpaired) electrons. The summed E-state index contributed by atoms with van der Waals surface area (Å²) in [6, 6.07) is 8.51. The first-order valence-corrected chi connectivity index (χ1v) is 6.20. The molecule has 0 aliphatic heterocycles. The summed E-state index contributed by atoms with van der Waals surface area (Å²) in [5.74, 6) is -0.206. The van der Waals surface area contributed by atoms with Crippen molar-refractivity contribution in [2.45, 2.75) is 12.3 Å². The van der Waals surface area contributed by atoms with Crippen LogP contribution in [0.25, 0.3) is 0 Å². The molecule has 0 bridgehead atoms. The van der Waals surface area contributed by atoms with Gasteiger partial charge in [-0.25, -0.2) is 8.78 Å². The summed E-state index contributed by atoms with van der Waals surface area (Å²) < 4.78 is 31.6. The van der Waals surface area contributed by atoms with Gasteiger partial charge in [-0.3, -0.25) is 0 Å². The van der Waals surface area contributed by atoms with Gasteiger partial charge in [0, 0.05) is 5.56 Å². The Morgan fingerprint density at radius 1 is 1.00 bits per heavy atom. The van der Waals surface area contributed by atoms with E-state index in [9.17, 15) is 8.78 Å². The molecule has 4 heteroatoms. The normalized spacial score (nSPS) is 12.3. The Morgan fingerprint density at radius 3 is 2.26 bits per heavy atom. The van der Waals surface area contributed by atoms with Crippen molar-refractivity contribution in [3.63, 3.8) is 0 Å². The molecule has 0 aromatic heterocycles. The highest BCUT2D eigenvalue weighted by Gasteiger charge is 2.18. The largest absolute Gasteiger partial charge is 0.496 e. The van der Waals surface area contributed by atoms with Gasteiger partial charge in [0.2, 0.25) is 0 Å². The number of hydrogen-bond donors (Lipinski definition) is 0. The van der Waals surface area contributed by atoms with Crippen LogP contribution in [-0.2, 0) is 0 Å². The molecule has 2 aromatic carbocycles. The zero-order valence-electron chi connectivity index (χ0n) is 10.6. The molecule has 0 saturated carbocycles. The molecule has 1 nitrogen and oxygen atoms in total. The standard InChI is InChI=1S/C15H13ClF2O/c1-9-7-10(17)3-5-12(9)15(16)13-8-11(18)4-6-14(13)19-2/h3-8,15H,1-2H3. The first-order chi connectivity index (χ1) is 9.02. The zero-order chi connectivity index (χ0) is 14.0. The van der Waals surface area contributed by atoms with Crippen LogP contribution < -0.4 is 4.74 Å². The van der Waals surface area contributed by atoms with Crippen molar-refractivity contribution < 1.29 is 13.5 Å². The Bertz CT molecular complexity index is 599. The molecule has 2 rings (SSSR count). The van der Waals surface area contributed by atoms with Gasteiger partial charge in [-0.1, -0.05) is 6.07 Å². The van der Waals surface area contributed by atoms with Gasteiger partial charge in [0.15, 0.2) is 0 Å². The second-order valence-electron chi connectivity index (χ2n) is 4.25. The van der Waals surface area contributed by atoms with E-state index < -0.39 is 5.38 Å². The van der Waals surface area contributed by atoms with Gasteiger partial charge < -0.3 is 4.74 Å². The first-order valence-electron chi connectivity index (χ1n) is 5.76. The molecular formula is C15H13ClF2O. The quantitative estimate of drug-likeness (QED) is 0.747. The van der Waals surface area contributed by atoms with Crippen LogP contribution in [0.4, 0.5) is 8.78 Å². The molecule has 0 heterocycles. The van der Waals surface area contributed by atoms with Crippen LogP contribution >= 0.6 is 11.6 Å². The topological polar surface area (TPSA) is 9.23 Å². The lowest BCUT2D eigenvalue weighted by Crippen LogP contribution is -2.00. The Labute approximate surface area is 115 Å². The molecule has 1 atom stereocenters. The predicted octanol–water partition coefficient (Wildman–Crippen LogP) is 4.61. The molecular weight excluding hydrogens is 270 g/mol. The van der Waals surface area contributed by atoms with Crippen molar-refractivity contribution >= 4 is 11.6 Å². The minimum Gasteiger partial charge on any atom is -0.496 e. The van der Waals surface area contributed by atoms with Crippen LogP contribution in [0.5, 0.6) is 5.75 Å². The fourth-order valence-corrected chi connectivity index (χ4v) is 2.41. The number of benzene rings is 2. The maximum Gasteiger partial charge on any atom is 0.124 e. The van der Waals surface area contributed by atoms with Crippen LogP contribution in [0.15, 0.2) is 36.4 Å². The average Bonchev–Trinajstić information content (AvgIpc) is 2.38. The number of methoxy groups -OCH3 is 1. The van der Waals surface area contributed by atoms with E-state index in [1.807, 2.05) is 0 Å². The van der Waals surface area contributed by atoms with E-state index in [0.717, 1.165) is 5.56 Å². The van der Waals surface area contributed by atoms with Gasteiger partial charge in [0.05, 0.1) is 12.5 Å². The molecule has 2 aromatic rings. The van der Waals surface area contributed by atoms with Crippen molar-refractivity contribution in [3.05, 3.63) is 64.7 Å². The van der Waals surface area contributed by atoms with Crippen molar-refractivity contribution in [2.24, 2.45) is 0 Å². The summed E-state index contributed by atoms with van der Waals surface area (Å²) in [6.45, 7) is 1.76. The number of ether oxygens (including phenoxy) is 1. The Balaban J connectivity index is 2.49. The number of aryl methyl sites for hydroxylation is 1. The summed E-state index contributed by atoms with van der Waals surface area (Å²) in [7, 11) is 1.50. The molecule has 0 spiro atoms. The predicted molar refractivity (Wildman–Crippen MR) is 71.8 cm³/mol. The van der Waals surface area contributed by atoms with Crippen molar-refractivity contribution in [1.29, 1.82) is 0 Å². The minimum absolute atomic E-state index is 0.323. The lowest BCUT2D eigenvalue weighted by molar-refractivity contribution is 0.409. The van der Waals surface area contributed by atoms with Gasteiger partial charge in [-0.05, 0) is 48.4 Å². The van der Waals surface area contributed by atoms with Gasteiger partial charge >= 0.3 is 0 Å². The van der Waals surface area contributed by atoms with Gasteiger partial charge in [0.25, 0.3) is 0 Å². The van der Waals surface area contributed by atoms with Crippen molar-refractivity contribution in [2.75, 3.05) is 7.11 Å². The van der Waals surface area contributed by atoms with Crippen LogP contribution in [-0.4, -0.2) is 7.11 Å². The van der Waals surface area contributed by atoms with E-state index in [0.29, 0.717) is 16.9 Å². The Morgan fingerprint density at radius 2 is 1.63 bits per heavy atom. The highest BCUT2D eigenvalue weighted by Crippen LogP contribution is 2.36. The molecule has 0 N–H and O–H groups in total. The summed E-state index contributed by atoms with van der Waals surface area (Å²) in [5, 5.41) is -0.591. The third-order valence-corrected chi connectivity index (χ3v) is 3.44. The van der Waals surface area contributed by atoms with E-state index in [-0.39, 0.29) is 11.6 Å². The summed E-state index contributed by atoms with van der Waals surface area (Å²) in [4.78, 5) is 0. The van der Waals surface area contributed by atoms with E-state index in [2.05, 4.69) is 0 Å². The second-order valence-corrected chi connectivity index (χ2v) is 4.69. The summed E-state index contributed by atoms with van der Waals surface area (Å²) in [5.41, 5.74) is 1.97. The highest BCUT2D eigenvalue weighted by atomic mass is 35.5. The van der Waals surface area contributed by atoms with E-state index in [1.165, 1.54) is 37.4 Å². The average molecular weight is 283 g/mol. The molecule has 0 aliphatic rings. The zero-order valence-corrected chi connectivity index (χ0v) is 11.3. The Hall–Kier alpha value is -1.61. The maximum atomic E-state index is 13.4. The molecule has 0 fully saturated rings. The number of rotatable bonds is 3. The van der Waals surface area contributed by atoms with Crippen LogP contribution in [0.3, 0.4) is 0 Å². The monoisotopic (exact) mass is 282 g/mol. The highest BCUT2D eigenvalue weighted by molar-refractivity contribution is 6.23. The van der Waals surface area contributed by atoms with E-state index in [4.69, 9.17) is 16.3 Å². The molecule has 19 heavy (non-hydrogen) atoms. The molecule has 100 valence electrons. The lowest BCUT2D eigenvalue weighted by atomic mass is 9.99. The van der Waals surface area contributed by atoms with Crippen molar-refractivity contribution in [3.8, 4) is 5.75 Å².